The Bertz CT molecular complexity index is 509. The fourth-order valence-corrected chi connectivity index (χ4v) is 2.83. The summed E-state index contributed by atoms with van der Waals surface area (Å²) in [5, 5.41) is 3.56. The first-order valence-electron chi connectivity index (χ1n) is 6.48. The van der Waals surface area contributed by atoms with Gasteiger partial charge in [-0.2, -0.15) is 0 Å². The van der Waals surface area contributed by atoms with Crippen LogP contribution in [0.3, 0.4) is 0 Å². The van der Waals surface area contributed by atoms with E-state index in [-0.39, 0.29) is 33.3 Å². The minimum absolute atomic E-state index is 0.0846. The Labute approximate surface area is 128 Å². The van der Waals surface area contributed by atoms with E-state index in [1.54, 1.807) is 0 Å². The molecule has 4 nitrogen and oxygen atoms in total. The molecule has 2 rings (SSSR count). The van der Waals surface area contributed by atoms with Crippen molar-refractivity contribution in [3.05, 3.63) is 27.7 Å². The minimum Gasteiger partial charge on any atom is -0.396 e. The lowest BCUT2D eigenvalue weighted by molar-refractivity contribution is -0.0615. The molecule has 0 spiro atoms. The van der Waals surface area contributed by atoms with Crippen molar-refractivity contribution in [2.24, 2.45) is 0 Å². The summed E-state index contributed by atoms with van der Waals surface area (Å²) in [6, 6.07) is 3.15. The fourth-order valence-electron chi connectivity index (χ4n) is 2.34. The maximum Gasteiger partial charge on any atom is 0.251 e. The van der Waals surface area contributed by atoms with Crippen LogP contribution >= 0.6 is 23.2 Å². The molecule has 20 heavy (non-hydrogen) atoms. The standard InChI is InChI=1S/C14H18Cl2N2O2/c1-14(2)7-9(3-4-20-14)18-13(19)8-5-10(15)12(17)11(16)6-8/h5-6,9H,3-4,7,17H2,1-2H3,(H,18,19). The highest BCUT2D eigenvalue weighted by Crippen LogP contribution is 2.29. The molecule has 0 radical (unpaired) electrons. The molecule has 1 aliphatic heterocycles. The molecule has 6 heteroatoms. The lowest BCUT2D eigenvalue weighted by Gasteiger charge is -2.35. The van der Waals surface area contributed by atoms with Gasteiger partial charge in [0.1, 0.15) is 0 Å². The van der Waals surface area contributed by atoms with Gasteiger partial charge < -0.3 is 15.8 Å². The molecule has 0 aliphatic carbocycles. The van der Waals surface area contributed by atoms with Gasteiger partial charge in [0.25, 0.3) is 5.91 Å². The molecule has 3 N–H and O–H groups in total. The molecule has 1 aromatic rings. The average molecular weight is 317 g/mol. The third kappa shape index (κ3) is 3.57. The SMILES string of the molecule is CC1(C)CC(NC(=O)c2cc(Cl)c(N)c(Cl)c2)CCO1. The molecule has 1 aromatic carbocycles. The van der Waals surface area contributed by atoms with Gasteiger partial charge in [0, 0.05) is 18.2 Å². The molecule has 1 amide bonds. The molecule has 1 saturated heterocycles. The van der Waals surface area contributed by atoms with Crippen LogP contribution in [0.2, 0.25) is 10.0 Å². The summed E-state index contributed by atoms with van der Waals surface area (Å²) in [5.41, 5.74) is 6.15. The molecule has 1 fully saturated rings. The second kappa shape index (κ2) is 5.80. The van der Waals surface area contributed by atoms with Crippen LogP contribution in [-0.2, 0) is 4.74 Å². The van der Waals surface area contributed by atoms with Gasteiger partial charge in [0.05, 0.1) is 21.3 Å². The molecular formula is C14H18Cl2N2O2. The van der Waals surface area contributed by atoms with E-state index < -0.39 is 0 Å². The number of benzene rings is 1. The van der Waals surface area contributed by atoms with Gasteiger partial charge in [0.15, 0.2) is 0 Å². The molecule has 1 aliphatic rings. The number of anilines is 1. The number of nitrogen functional groups attached to an aromatic ring is 1. The Morgan fingerprint density at radius 2 is 2.00 bits per heavy atom. The topological polar surface area (TPSA) is 64.4 Å². The van der Waals surface area contributed by atoms with Gasteiger partial charge in [-0.3, -0.25) is 4.79 Å². The van der Waals surface area contributed by atoms with E-state index >= 15 is 0 Å². The molecule has 1 atom stereocenters. The van der Waals surface area contributed by atoms with Gasteiger partial charge in [-0.25, -0.2) is 0 Å². The predicted molar refractivity (Wildman–Crippen MR) is 81.4 cm³/mol. The number of amides is 1. The fraction of sp³-hybridized carbons (Fsp3) is 0.500. The Hall–Kier alpha value is -0.970. The Balaban J connectivity index is 2.09. The number of carbonyl (C=O) groups is 1. The zero-order chi connectivity index (χ0) is 14.9. The van der Waals surface area contributed by atoms with E-state index in [0.717, 1.165) is 12.8 Å². The maximum absolute atomic E-state index is 12.2. The number of nitrogens with one attached hydrogen (secondary N) is 1. The third-order valence-electron chi connectivity index (χ3n) is 3.37. The number of hydrogen-bond donors (Lipinski definition) is 2. The van der Waals surface area contributed by atoms with Crippen LogP contribution in [0.15, 0.2) is 12.1 Å². The van der Waals surface area contributed by atoms with Crippen LogP contribution < -0.4 is 11.1 Å². The van der Waals surface area contributed by atoms with Crippen molar-refractivity contribution in [3.8, 4) is 0 Å². The van der Waals surface area contributed by atoms with E-state index in [1.807, 2.05) is 13.8 Å². The molecule has 1 heterocycles. The van der Waals surface area contributed by atoms with Crippen LogP contribution in [0.4, 0.5) is 5.69 Å². The summed E-state index contributed by atoms with van der Waals surface area (Å²) in [4.78, 5) is 12.2. The summed E-state index contributed by atoms with van der Waals surface area (Å²) in [5.74, 6) is -0.198. The van der Waals surface area contributed by atoms with Crippen molar-refractivity contribution in [2.45, 2.75) is 38.3 Å². The van der Waals surface area contributed by atoms with Crippen molar-refractivity contribution in [1.82, 2.24) is 5.32 Å². The lowest BCUT2D eigenvalue weighted by atomic mass is 9.94. The highest BCUT2D eigenvalue weighted by molar-refractivity contribution is 6.39. The summed E-state index contributed by atoms with van der Waals surface area (Å²) >= 11 is 11.9. The number of halogens is 2. The monoisotopic (exact) mass is 316 g/mol. The van der Waals surface area contributed by atoms with Gasteiger partial charge in [-0.15, -0.1) is 0 Å². The third-order valence-corrected chi connectivity index (χ3v) is 4.00. The van der Waals surface area contributed by atoms with E-state index in [1.165, 1.54) is 12.1 Å². The predicted octanol–water partition coefficient (Wildman–Crippen LogP) is 3.26. The van der Waals surface area contributed by atoms with E-state index in [0.29, 0.717) is 12.2 Å². The van der Waals surface area contributed by atoms with Crippen LogP contribution in [0.5, 0.6) is 0 Å². The van der Waals surface area contributed by atoms with E-state index in [2.05, 4.69) is 5.32 Å². The normalized spacial score (nSPS) is 21.5. The first-order valence-corrected chi connectivity index (χ1v) is 7.23. The van der Waals surface area contributed by atoms with E-state index in [9.17, 15) is 4.79 Å². The Kier molecular flexibility index (Phi) is 4.47. The lowest BCUT2D eigenvalue weighted by Crippen LogP contribution is -2.45. The van der Waals surface area contributed by atoms with Crippen LogP contribution in [0.25, 0.3) is 0 Å². The molecule has 0 aromatic heterocycles. The summed E-state index contributed by atoms with van der Waals surface area (Å²) < 4.78 is 5.63. The van der Waals surface area contributed by atoms with Crippen LogP contribution in [0, 0.1) is 0 Å². The Morgan fingerprint density at radius 1 is 1.40 bits per heavy atom. The number of carbonyl (C=O) groups excluding carboxylic acids is 1. The van der Waals surface area contributed by atoms with Gasteiger partial charge >= 0.3 is 0 Å². The summed E-state index contributed by atoms with van der Waals surface area (Å²) in [6.07, 6.45) is 1.57. The van der Waals surface area contributed by atoms with Crippen molar-refractivity contribution in [1.29, 1.82) is 0 Å². The first-order chi connectivity index (χ1) is 9.28. The second-order valence-corrected chi connectivity index (χ2v) is 6.44. The number of ether oxygens (including phenoxy) is 1. The largest absolute Gasteiger partial charge is 0.396 e. The zero-order valence-corrected chi connectivity index (χ0v) is 13.0. The van der Waals surface area contributed by atoms with Gasteiger partial charge in [0.2, 0.25) is 0 Å². The quantitative estimate of drug-likeness (QED) is 0.823. The summed E-state index contributed by atoms with van der Waals surface area (Å²) in [7, 11) is 0. The molecule has 0 bridgehead atoms. The number of rotatable bonds is 2. The zero-order valence-electron chi connectivity index (χ0n) is 11.5. The maximum atomic E-state index is 12.2. The van der Waals surface area contributed by atoms with Crippen LogP contribution in [0.1, 0.15) is 37.0 Å². The number of hydrogen-bond acceptors (Lipinski definition) is 3. The molecule has 1 unspecified atom stereocenters. The van der Waals surface area contributed by atoms with Crippen molar-refractivity contribution < 1.29 is 9.53 Å². The van der Waals surface area contributed by atoms with E-state index in [4.69, 9.17) is 33.7 Å². The molecular weight excluding hydrogens is 299 g/mol. The summed E-state index contributed by atoms with van der Waals surface area (Å²) in [6.45, 7) is 4.67. The van der Waals surface area contributed by atoms with Crippen LogP contribution in [-0.4, -0.2) is 24.2 Å². The van der Waals surface area contributed by atoms with Gasteiger partial charge in [-0.05, 0) is 38.8 Å². The molecule has 0 saturated carbocycles. The highest BCUT2D eigenvalue weighted by atomic mass is 35.5. The van der Waals surface area contributed by atoms with Crippen molar-refractivity contribution in [3.63, 3.8) is 0 Å². The Morgan fingerprint density at radius 3 is 2.55 bits per heavy atom. The smallest absolute Gasteiger partial charge is 0.251 e. The highest BCUT2D eigenvalue weighted by Gasteiger charge is 2.29. The second-order valence-electron chi connectivity index (χ2n) is 5.62. The van der Waals surface area contributed by atoms with Gasteiger partial charge in [-0.1, -0.05) is 23.2 Å². The van der Waals surface area contributed by atoms with Crippen molar-refractivity contribution >= 4 is 34.8 Å². The van der Waals surface area contributed by atoms with Crippen molar-refractivity contribution in [2.75, 3.05) is 12.3 Å². The average Bonchev–Trinajstić information content (AvgIpc) is 2.34. The molecule has 110 valence electrons. The first kappa shape index (κ1) is 15.4. The minimum atomic E-state index is -0.216. The number of nitrogens with two attached hydrogens (primary N) is 1.